The molecule has 0 spiro atoms. The quantitative estimate of drug-likeness (QED) is 0.721. The minimum atomic E-state index is -4.30. The van der Waals surface area contributed by atoms with Crippen LogP contribution in [0.15, 0.2) is 22.7 Å². The molecule has 0 heterocycles. The van der Waals surface area contributed by atoms with E-state index < -0.39 is 11.7 Å². The van der Waals surface area contributed by atoms with Gasteiger partial charge in [-0.2, -0.15) is 13.2 Å². The summed E-state index contributed by atoms with van der Waals surface area (Å²) in [6.45, 7) is 4.46. The molecule has 5 heteroatoms. The number of hydrogen-bond acceptors (Lipinski definition) is 1. The summed E-state index contributed by atoms with van der Waals surface area (Å²) in [6.07, 6.45) is -0.934. The van der Waals surface area contributed by atoms with Crippen LogP contribution < -0.4 is 5.32 Å². The number of anilines is 1. The Morgan fingerprint density at radius 2 is 1.70 bits per heavy atom. The van der Waals surface area contributed by atoms with Crippen LogP contribution in [0.3, 0.4) is 0 Å². The van der Waals surface area contributed by atoms with Gasteiger partial charge >= 0.3 is 6.18 Å². The number of hydrogen-bond donors (Lipinski definition) is 1. The first kappa shape index (κ1) is 15.7. The van der Waals surface area contributed by atoms with Crippen LogP contribution in [0.4, 0.5) is 18.9 Å². The lowest BCUT2D eigenvalue weighted by Gasteiger charge is -2.33. The highest BCUT2D eigenvalue weighted by Crippen LogP contribution is 2.36. The van der Waals surface area contributed by atoms with Crippen LogP contribution in [0.2, 0.25) is 0 Å². The van der Waals surface area contributed by atoms with Crippen LogP contribution in [0.5, 0.6) is 0 Å². The fourth-order valence-corrected chi connectivity index (χ4v) is 3.59. The Labute approximate surface area is 126 Å². The van der Waals surface area contributed by atoms with Crippen molar-refractivity contribution in [2.75, 3.05) is 5.32 Å². The summed E-state index contributed by atoms with van der Waals surface area (Å²) in [6, 6.07) is 4.11. The molecule has 0 aromatic heterocycles. The Balaban J connectivity index is 2.10. The Kier molecular flexibility index (Phi) is 4.67. The van der Waals surface area contributed by atoms with Crippen molar-refractivity contribution in [2.24, 2.45) is 11.8 Å². The van der Waals surface area contributed by atoms with Crippen molar-refractivity contribution in [3.8, 4) is 0 Å². The van der Waals surface area contributed by atoms with Crippen LogP contribution in [-0.2, 0) is 6.18 Å². The molecule has 1 aromatic rings. The summed E-state index contributed by atoms with van der Waals surface area (Å²) >= 11 is 3.23. The molecule has 1 nitrogen and oxygen atoms in total. The van der Waals surface area contributed by atoms with E-state index in [1.807, 2.05) is 0 Å². The van der Waals surface area contributed by atoms with Crippen molar-refractivity contribution >= 4 is 21.6 Å². The summed E-state index contributed by atoms with van der Waals surface area (Å²) in [7, 11) is 0. The molecule has 2 unspecified atom stereocenters. The van der Waals surface area contributed by atoms with E-state index in [1.54, 1.807) is 0 Å². The second kappa shape index (κ2) is 5.96. The van der Waals surface area contributed by atoms with Crippen LogP contribution >= 0.6 is 15.9 Å². The predicted molar refractivity (Wildman–Crippen MR) is 78.7 cm³/mol. The van der Waals surface area contributed by atoms with Crippen LogP contribution in [0.25, 0.3) is 0 Å². The SMILES string of the molecule is CC1CC(C)CC(Nc2ccc(C(F)(F)F)cc2Br)C1. The van der Waals surface area contributed by atoms with Gasteiger partial charge in [0.05, 0.1) is 5.56 Å². The predicted octanol–water partition coefficient (Wildman–Crippen LogP) is 5.70. The molecule has 2 rings (SSSR count). The maximum Gasteiger partial charge on any atom is 0.416 e. The van der Waals surface area contributed by atoms with E-state index >= 15 is 0 Å². The zero-order chi connectivity index (χ0) is 14.9. The molecule has 1 aliphatic rings. The Hall–Kier alpha value is -0.710. The van der Waals surface area contributed by atoms with E-state index in [4.69, 9.17) is 0 Å². The van der Waals surface area contributed by atoms with Crippen molar-refractivity contribution in [3.63, 3.8) is 0 Å². The minimum absolute atomic E-state index is 0.335. The smallest absolute Gasteiger partial charge is 0.381 e. The van der Waals surface area contributed by atoms with Crippen LogP contribution in [0.1, 0.15) is 38.7 Å². The summed E-state index contributed by atoms with van der Waals surface area (Å²) < 4.78 is 38.3. The molecule has 20 heavy (non-hydrogen) atoms. The molecular weight excluding hydrogens is 331 g/mol. The Bertz CT molecular complexity index is 463. The highest BCUT2D eigenvalue weighted by molar-refractivity contribution is 9.10. The van der Waals surface area contributed by atoms with Gasteiger partial charge in [-0.1, -0.05) is 13.8 Å². The lowest BCUT2D eigenvalue weighted by atomic mass is 9.80. The van der Waals surface area contributed by atoms with E-state index in [9.17, 15) is 13.2 Å². The average molecular weight is 350 g/mol. The van der Waals surface area contributed by atoms with E-state index in [1.165, 1.54) is 12.5 Å². The van der Waals surface area contributed by atoms with Gasteiger partial charge in [0.2, 0.25) is 0 Å². The van der Waals surface area contributed by atoms with Crippen LogP contribution in [-0.4, -0.2) is 6.04 Å². The van der Waals surface area contributed by atoms with Crippen molar-refractivity contribution in [2.45, 2.75) is 45.3 Å². The van der Waals surface area contributed by atoms with Gasteiger partial charge < -0.3 is 5.32 Å². The van der Waals surface area contributed by atoms with Gasteiger partial charge in [-0.15, -0.1) is 0 Å². The van der Waals surface area contributed by atoms with Crippen molar-refractivity contribution < 1.29 is 13.2 Å². The summed E-state index contributed by atoms with van der Waals surface area (Å²) in [5.41, 5.74) is 0.115. The van der Waals surface area contributed by atoms with Crippen molar-refractivity contribution in [1.82, 2.24) is 0 Å². The van der Waals surface area contributed by atoms with Crippen LogP contribution in [0, 0.1) is 11.8 Å². The standard InChI is InChI=1S/C15H19BrF3N/c1-9-5-10(2)7-12(6-9)20-14-4-3-11(8-13(14)16)15(17,18)19/h3-4,8-10,12,20H,5-7H2,1-2H3. The maximum atomic E-state index is 12.6. The summed E-state index contributed by atoms with van der Waals surface area (Å²) in [5.74, 6) is 1.31. The topological polar surface area (TPSA) is 12.0 Å². The second-order valence-electron chi connectivity index (χ2n) is 5.95. The molecule has 1 aromatic carbocycles. The first-order valence-corrected chi connectivity index (χ1v) is 7.68. The van der Waals surface area contributed by atoms with Crippen molar-refractivity contribution in [1.29, 1.82) is 0 Å². The number of benzene rings is 1. The number of rotatable bonds is 2. The zero-order valence-electron chi connectivity index (χ0n) is 11.6. The molecular formula is C15H19BrF3N. The average Bonchev–Trinajstić information content (AvgIpc) is 2.29. The van der Waals surface area contributed by atoms with Gasteiger partial charge in [0, 0.05) is 16.2 Å². The van der Waals surface area contributed by atoms with E-state index in [2.05, 4.69) is 35.1 Å². The fourth-order valence-electron chi connectivity index (χ4n) is 3.09. The van der Waals surface area contributed by atoms with E-state index in [0.29, 0.717) is 22.4 Å². The second-order valence-corrected chi connectivity index (χ2v) is 6.81. The Morgan fingerprint density at radius 1 is 1.10 bits per heavy atom. The highest BCUT2D eigenvalue weighted by atomic mass is 79.9. The van der Waals surface area contributed by atoms with Gasteiger partial charge in [0.1, 0.15) is 0 Å². The molecule has 1 N–H and O–H groups in total. The fraction of sp³-hybridized carbons (Fsp3) is 0.600. The lowest BCUT2D eigenvalue weighted by molar-refractivity contribution is -0.137. The van der Waals surface area contributed by atoms with Gasteiger partial charge in [-0.3, -0.25) is 0 Å². The molecule has 0 amide bonds. The molecule has 0 aliphatic heterocycles. The molecule has 112 valence electrons. The molecule has 0 saturated heterocycles. The van der Waals surface area contributed by atoms with Gasteiger partial charge in [0.25, 0.3) is 0 Å². The lowest BCUT2D eigenvalue weighted by Crippen LogP contribution is -2.30. The zero-order valence-corrected chi connectivity index (χ0v) is 13.2. The van der Waals surface area contributed by atoms with Gasteiger partial charge in [-0.25, -0.2) is 0 Å². The van der Waals surface area contributed by atoms with Gasteiger partial charge in [-0.05, 0) is 65.2 Å². The molecule has 1 aliphatic carbocycles. The highest BCUT2D eigenvalue weighted by Gasteiger charge is 2.31. The first-order valence-electron chi connectivity index (χ1n) is 6.89. The third-order valence-corrected chi connectivity index (χ3v) is 4.49. The molecule has 0 radical (unpaired) electrons. The van der Waals surface area contributed by atoms with Gasteiger partial charge in [0.15, 0.2) is 0 Å². The third-order valence-electron chi connectivity index (χ3n) is 3.83. The van der Waals surface area contributed by atoms with E-state index in [0.717, 1.165) is 30.7 Å². The molecule has 1 fully saturated rings. The molecule has 1 saturated carbocycles. The number of alkyl halides is 3. The van der Waals surface area contributed by atoms with E-state index in [-0.39, 0.29) is 0 Å². The largest absolute Gasteiger partial charge is 0.416 e. The maximum absolute atomic E-state index is 12.6. The number of halogens is 4. The number of nitrogens with one attached hydrogen (secondary N) is 1. The third kappa shape index (κ3) is 3.90. The molecule has 2 atom stereocenters. The van der Waals surface area contributed by atoms with Crippen molar-refractivity contribution in [3.05, 3.63) is 28.2 Å². The summed E-state index contributed by atoms with van der Waals surface area (Å²) in [5, 5.41) is 3.37. The monoisotopic (exact) mass is 349 g/mol. The minimum Gasteiger partial charge on any atom is -0.381 e. The normalized spacial score (nSPS) is 27.4. The summed E-state index contributed by atoms with van der Waals surface area (Å²) in [4.78, 5) is 0. The molecule has 0 bridgehead atoms. The Morgan fingerprint density at radius 3 is 2.20 bits per heavy atom. The first-order chi connectivity index (χ1) is 9.25.